The van der Waals surface area contributed by atoms with Gasteiger partial charge in [0.1, 0.15) is 5.75 Å². The highest BCUT2D eigenvalue weighted by atomic mass is 127. The van der Waals surface area contributed by atoms with Crippen molar-refractivity contribution in [1.82, 2.24) is 10.2 Å². The van der Waals surface area contributed by atoms with Gasteiger partial charge in [-0.1, -0.05) is 19.1 Å². The Kier molecular flexibility index (Phi) is 9.62. The second-order valence-electron chi connectivity index (χ2n) is 6.27. The van der Waals surface area contributed by atoms with E-state index in [1.165, 1.54) is 12.8 Å². The number of piperidine rings is 1. The molecule has 1 aromatic rings. The minimum absolute atomic E-state index is 0. The number of amides is 1. The Balaban J connectivity index is 0.00000312. The van der Waals surface area contributed by atoms with Crippen molar-refractivity contribution in [3.63, 3.8) is 0 Å². The predicted octanol–water partition coefficient (Wildman–Crippen LogP) is 2.37. The monoisotopic (exact) mass is 460 g/mol. The van der Waals surface area contributed by atoms with E-state index in [0.717, 1.165) is 31.2 Å². The zero-order valence-corrected chi connectivity index (χ0v) is 17.4. The number of nitrogens with two attached hydrogens (primary N) is 1. The molecule has 140 valence electrons. The molecule has 1 amide bonds. The fourth-order valence-corrected chi connectivity index (χ4v) is 2.86. The number of rotatable bonds is 6. The maximum atomic E-state index is 10.8. The lowest BCUT2D eigenvalue weighted by Gasteiger charge is -2.33. The van der Waals surface area contributed by atoms with Gasteiger partial charge in [0.2, 0.25) is 0 Å². The summed E-state index contributed by atoms with van der Waals surface area (Å²) in [6.07, 6.45) is 2.50. The van der Waals surface area contributed by atoms with Gasteiger partial charge < -0.3 is 20.7 Å². The molecule has 25 heavy (non-hydrogen) atoms. The van der Waals surface area contributed by atoms with Gasteiger partial charge in [-0.2, -0.15) is 0 Å². The summed E-state index contributed by atoms with van der Waals surface area (Å²) in [5.74, 6) is 1.82. The normalized spacial score (nSPS) is 17.6. The van der Waals surface area contributed by atoms with Crippen LogP contribution in [0.25, 0.3) is 0 Å². The lowest BCUT2D eigenvalue weighted by atomic mass is 10.0. The zero-order valence-electron chi connectivity index (χ0n) is 15.0. The minimum atomic E-state index is -0.480. The number of benzene rings is 1. The first-order valence-corrected chi connectivity index (χ1v) is 8.61. The molecule has 1 aliphatic rings. The number of carbonyl (C=O) groups excluding carboxylic acids is 1. The van der Waals surface area contributed by atoms with Crippen LogP contribution in [0.5, 0.6) is 5.75 Å². The highest BCUT2D eigenvalue weighted by molar-refractivity contribution is 14.0. The minimum Gasteiger partial charge on any atom is -0.484 e. The topological polar surface area (TPSA) is 80.0 Å². The average Bonchev–Trinajstić information content (AvgIpc) is 2.57. The Morgan fingerprint density at radius 3 is 2.96 bits per heavy atom. The predicted molar refractivity (Wildman–Crippen MR) is 111 cm³/mol. The molecule has 7 heteroatoms. The third-order valence-electron chi connectivity index (χ3n) is 3.98. The number of aliphatic imine (C=N–C) groups is 1. The fourth-order valence-electron chi connectivity index (χ4n) is 2.86. The summed E-state index contributed by atoms with van der Waals surface area (Å²) in [5.41, 5.74) is 6.14. The Bertz CT molecular complexity index is 580. The van der Waals surface area contributed by atoms with Crippen LogP contribution in [0.2, 0.25) is 0 Å². The van der Waals surface area contributed by atoms with Crippen LogP contribution in [0.15, 0.2) is 29.3 Å². The van der Waals surface area contributed by atoms with Gasteiger partial charge in [-0.3, -0.25) is 4.79 Å². The van der Waals surface area contributed by atoms with Crippen LogP contribution in [0, 0.1) is 5.92 Å². The molecule has 0 aromatic heterocycles. The van der Waals surface area contributed by atoms with Gasteiger partial charge in [0.05, 0.1) is 6.54 Å². The third kappa shape index (κ3) is 7.50. The van der Waals surface area contributed by atoms with Gasteiger partial charge in [-0.05, 0) is 43.4 Å². The van der Waals surface area contributed by atoms with E-state index in [1.807, 2.05) is 24.3 Å². The van der Waals surface area contributed by atoms with Crippen LogP contribution in [0.4, 0.5) is 0 Å². The maximum absolute atomic E-state index is 10.8. The number of hydrogen-bond acceptors (Lipinski definition) is 3. The number of guanidine groups is 1. The van der Waals surface area contributed by atoms with Crippen LogP contribution in [-0.2, 0) is 11.3 Å². The Labute approximate surface area is 167 Å². The number of primary amides is 1. The molecule has 1 heterocycles. The van der Waals surface area contributed by atoms with Gasteiger partial charge in [0.15, 0.2) is 12.6 Å². The number of likely N-dealkylation sites (tertiary alicyclic amines) is 1. The smallest absolute Gasteiger partial charge is 0.255 e. The van der Waals surface area contributed by atoms with Crippen LogP contribution in [0.1, 0.15) is 32.3 Å². The summed E-state index contributed by atoms with van der Waals surface area (Å²) in [6.45, 7) is 7.79. The molecule has 1 atom stereocenters. The first kappa shape index (κ1) is 21.5. The van der Waals surface area contributed by atoms with Crippen molar-refractivity contribution in [2.24, 2.45) is 16.6 Å². The van der Waals surface area contributed by atoms with Crippen LogP contribution in [0.3, 0.4) is 0 Å². The van der Waals surface area contributed by atoms with Crippen molar-refractivity contribution >= 4 is 35.8 Å². The van der Waals surface area contributed by atoms with Crippen molar-refractivity contribution in [1.29, 1.82) is 0 Å². The van der Waals surface area contributed by atoms with E-state index in [-0.39, 0.29) is 30.6 Å². The number of ether oxygens (including phenoxy) is 1. The molecule has 0 saturated carbocycles. The highest BCUT2D eigenvalue weighted by Crippen LogP contribution is 2.17. The molecule has 2 rings (SSSR count). The molecular formula is C18H29IN4O2. The number of nitrogens with zero attached hydrogens (tertiary/aromatic N) is 2. The Morgan fingerprint density at radius 1 is 1.48 bits per heavy atom. The summed E-state index contributed by atoms with van der Waals surface area (Å²) in [4.78, 5) is 17.9. The summed E-state index contributed by atoms with van der Waals surface area (Å²) in [7, 11) is 0. The SMILES string of the molecule is CCNC(=NCc1cccc(OCC(N)=O)c1)N1CCCC(C)C1.I. The molecule has 6 nitrogen and oxygen atoms in total. The number of nitrogens with one attached hydrogen (secondary N) is 1. The fraction of sp³-hybridized carbons (Fsp3) is 0.556. The number of halogens is 1. The summed E-state index contributed by atoms with van der Waals surface area (Å²) in [5, 5.41) is 3.38. The van der Waals surface area contributed by atoms with E-state index in [9.17, 15) is 4.79 Å². The molecule has 1 aliphatic heterocycles. The maximum Gasteiger partial charge on any atom is 0.255 e. The Morgan fingerprint density at radius 2 is 2.28 bits per heavy atom. The second-order valence-corrected chi connectivity index (χ2v) is 6.27. The standard InChI is InChI=1S/C18H28N4O2.HI/c1-3-20-18(22-9-5-6-14(2)12-22)21-11-15-7-4-8-16(10-15)24-13-17(19)23;/h4,7-8,10,14H,3,5-6,9,11-13H2,1-2H3,(H2,19,23)(H,20,21);1H. The average molecular weight is 460 g/mol. The van der Waals surface area contributed by atoms with Gasteiger partial charge >= 0.3 is 0 Å². The Hall–Kier alpha value is -1.51. The third-order valence-corrected chi connectivity index (χ3v) is 3.98. The molecule has 0 spiro atoms. The first-order chi connectivity index (χ1) is 11.6. The van der Waals surface area contributed by atoms with Crippen molar-refractivity contribution < 1.29 is 9.53 Å². The van der Waals surface area contributed by atoms with Gasteiger partial charge in [0.25, 0.3) is 5.91 Å². The second kappa shape index (κ2) is 11.2. The van der Waals surface area contributed by atoms with Gasteiger partial charge in [0, 0.05) is 19.6 Å². The van der Waals surface area contributed by atoms with Crippen LogP contribution >= 0.6 is 24.0 Å². The van der Waals surface area contributed by atoms with Gasteiger partial charge in [-0.25, -0.2) is 4.99 Å². The van der Waals surface area contributed by atoms with E-state index in [4.69, 9.17) is 15.5 Å². The van der Waals surface area contributed by atoms with Crippen molar-refractivity contribution in [2.45, 2.75) is 33.2 Å². The number of carbonyl (C=O) groups is 1. The molecular weight excluding hydrogens is 431 g/mol. The van der Waals surface area contributed by atoms with Crippen LogP contribution in [-0.4, -0.2) is 43.0 Å². The molecule has 1 fully saturated rings. The molecule has 0 aliphatic carbocycles. The molecule has 1 unspecified atom stereocenters. The lowest BCUT2D eigenvalue weighted by Crippen LogP contribution is -2.46. The van der Waals surface area contributed by atoms with Crippen molar-refractivity contribution in [3.05, 3.63) is 29.8 Å². The molecule has 0 bridgehead atoms. The quantitative estimate of drug-likeness (QED) is 0.388. The van der Waals surface area contributed by atoms with Crippen molar-refractivity contribution in [2.75, 3.05) is 26.2 Å². The zero-order chi connectivity index (χ0) is 17.4. The highest BCUT2D eigenvalue weighted by Gasteiger charge is 2.19. The summed E-state index contributed by atoms with van der Waals surface area (Å²) in [6, 6.07) is 7.61. The number of hydrogen-bond donors (Lipinski definition) is 2. The molecule has 1 aromatic carbocycles. The summed E-state index contributed by atoms with van der Waals surface area (Å²) < 4.78 is 5.34. The van der Waals surface area contributed by atoms with E-state index in [1.54, 1.807) is 0 Å². The van der Waals surface area contributed by atoms with Crippen LogP contribution < -0.4 is 15.8 Å². The van der Waals surface area contributed by atoms with E-state index < -0.39 is 5.91 Å². The van der Waals surface area contributed by atoms with Crippen molar-refractivity contribution in [3.8, 4) is 5.75 Å². The van der Waals surface area contributed by atoms with Gasteiger partial charge in [-0.15, -0.1) is 24.0 Å². The molecule has 1 saturated heterocycles. The van der Waals surface area contributed by atoms with E-state index in [0.29, 0.717) is 18.2 Å². The largest absolute Gasteiger partial charge is 0.484 e. The van der Waals surface area contributed by atoms with E-state index in [2.05, 4.69) is 24.1 Å². The summed E-state index contributed by atoms with van der Waals surface area (Å²) >= 11 is 0. The lowest BCUT2D eigenvalue weighted by molar-refractivity contribution is -0.119. The molecule has 0 radical (unpaired) electrons. The molecule has 3 N–H and O–H groups in total. The first-order valence-electron chi connectivity index (χ1n) is 8.61. The van der Waals surface area contributed by atoms with E-state index >= 15 is 0 Å².